The zero-order chi connectivity index (χ0) is 11.9. The Bertz CT molecular complexity index is 547. The van der Waals surface area contributed by atoms with Crippen molar-refractivity contribution in [2.75, 3.05) is 5.73 Å². The van der Waals surface area contributed by atoms with Crippen molar-refractivity contribution in [1.82, 2.24) is 4.98 Å². The molecule has 0 aliphatic heterocycles. The molecule has 0 aliphatic rings. The van der Waals surface area contributed by atoms with Gasteiger partial charge in [0.1, 0.15) is 0 Å². The number of anilines is 1. The predicted octanol–water partition coefficient (Wildman–Crippen LogP) is 3.14. The van der Waals surface area contributed by atoms with Crippen LogP contribution in [0.3, 0.4) is 0 Å². The number of fused-ring (bicyclic) bond motifs is 1. The van der Waals surface area contributed by atoms with Crippen LogP contribution in [0.25, 0.3) is 10.9 Å². The first kappa shape index (κ1) is 10.7. The molecule has 84 valence electrons. The highest BCUT2D eigenvalue weighted by atomic mass is 19.4. The molecule has 0 atom stereocenters. The van der Waals surface area contributed by atoms with Crippen molar-refractivity contribution in [2.24, 2.45) is 0 Å². The molecule has 0 amide bonds. The highest BCUT2D eigenvalue weighted by molar-refractivity contribution is 5.86. The number of benzene rings is 1. The van der Waals surface area contributed by atoms with Crippen LogP contribution >= 0.6 is 0 Å². The summed E-state index contributed by atoms with van der Waals surface area (Å²) in [5.41, 5.74) is 6.27. The maximum atomic E-state index is 12.7. The lowest BCUT2D eigenvalue weighted by atomic mass is 10.1. The third-order valence-electron chi connectivity index (χ3n) is 2.43. The molecule has 1 aromatic heterocycles. The Morgan fingerprint density at radius 2 is 1.94 bits per heavy atom. The van der Waals surface area contributed by atoms with Gasteiger partial charge in [0.25, 0.3) is 0 Å². The van der Waals surface area contributed by atoms with E-state index in [9.17, 15) is 13.2 Å². The molecule has 0 unspecified atom stereocenters. The van der Waals surface area contributed by atoms with Gasteiger partial charge in [-0.1, -0.05) is 0 Å². The summed E-state index contributed by atoms with van der Waals surface area (Å²) in [5.74, 6) is 0. The predicted molar refractivity (Wildman–Crippen MR) is 55.9 cm³/mol. The smallest absolute Gasteiger partial charge is 0.398 e. The molecule has 2 nitrogen and oxygen atoms in total. The zero-order valence-electron chi connectivity index (χ0n) is 8.47. The van der Waals surface area contributed by atoms with E-state index in [0.717, 1.165) is 17.8 Å². The molecule has 1 heterocycles. The highest BCUT2D eigenvalue weighted by Gasteiger charge is 2.32. The van der Waals surface area contributed by atoms with Crippen molar-refractivity contribution >= 4 is 16.6 Å². The lowest BCUT2D eigenvalue weighted by molar-refractivity contribution is -0.136. The van der Waals surface area contributed by atoms with E-state index in [1.54, 1.807) is 13.0 Å². The van der Waals surface area contributed by atoms with Gasteiger partial charge in [0.05, 0.1) is 11.1 Å². The number of hydrogen-bond donors (Lipinski definition) is 1. The molecular formula is C11H9F3N2. The van der Waals surface area contributed by atoms with Crippen LogP contribution in [0.1, 0.15) is 11.1 Å². The summed E-state index contributed by atoms with van der Waals surface area (Å²) in [7, 11) is 0. The summed E-state index contributed by atoms with van der Waals surface area (Å²) >= 11 is 0. The number of nitrogen functional groups attached to an aromatic ring is 1. The monoisotopic (exact) mass is 226 g/mol. The summed E-state index contributed by atoms with van der Waals surface area (Å²) in [6, 6.07) is 3.83. The fraction of sp³-hybridized carbons (Fsp3) is 0.182. The molecular weight excluding hydrogens is 217 g/mol. The molecule has 0 spiro atoms. The zero-order valence-corrected chi connectivity index (χ0v) is 8.47. The SMILES string of the molecule is Cc1cc2nccc(C(F)(F)F)c2cc1N. The van der Waals surface area contributed by atoms with Gasteiger partial charge in [-0.2, -0.15) is 13.2 Å². The third-order valence-corrected chi connectivity index (χ3v) is 2.43. The number of aromatic nitrogens is 1. The first-order chi connectivity index (χ1) is 7.39. The summed E-state index contributed by atoms with van der Waals surface area (Å²) in [6.07, 6.45) is -3.23. The largest absolute Gasteiger partial charge is 0.417 e. The summed E-state index contributed by atoms with van der Waals surface area (Å²) in [5, 5.41) is 0.0399. The number of nitrogens with two attached hydrogens (primary N) is 1. The number of halogens is 3. The van der Waals surface area contributed by atoms with E-state index in [4.69, 9.17) is 5.73 Å². The van der Waals surface area contributed by atoms with Crippen molar-refractivity contribution < 1.29 is 13.2 Å². The van der Waals surface area contributed by atoms with Crippen LogP contribution < -0.4 is 5.73 Å². The van der Waals surface area contributed by atoms with Gasteiger partial charge < -0.3 is 5.73 Å². The van der Waals surface area contributed by atoms with Crippen LogP contribution in [0.2, 0.25) is 0 Å². The second-order valence-electron chi connectivity index (χ2n) is 3.58. The molecule has 16 heavy (non-hydrogen) atoms. The third kappa shape index (κ3) is 1.68. The van der Waals surface area contributed by atoms with E-state index >= 15 is 0 Å². The Hall–Kier alpha value is -1.78. The lowest BCUT2D eigenvalue weighted by Crippen LogP contribution is -2.06. The number of alkyl halides is 3. The Morgan fingerprint density at radius 1 is 1.25 bits per heavy atom. The van der Waals surface area contributed by atoms with Crippen molar-refractivity contribution in [3.05, 3.63) is 35.5 Å². The number of pyridine rings is 1. The highest BCUT2D eigenvalue weighted by Crippen LogP contribution is 2.35. The van der Waals surface area contributed by atoms with E-state index in [2.05, 4.69) is 4.98 Å². The molecule has 0 saturated carbocycles. The van der Waals surface area contributed by atoms with E-state index in [1.165, 1.54) is 6.07 Å². The fourth-order valence-corrected chi connectivity index (χ4v) is 1.56. The minimum atomic E-state index is -4.39. The molecule has 0 bridgehead atoms. The molecule has 5 heteroatoms. The van der Waals surface area contributed by atoms with Gasteiger partial charge in [0.2, 0.25) is 0 Å². The molecule has 2 rings (SSSR count). The quantitative estimate of drug-likeness (QED) is 0.701. The van der Waals surface area contributed by atoms with Crippen LogP contribution in [0.5, 0.6) is 0 Å². The number of nitrogens with zero attached hydrogens (tertiary/aromatic N) is 1. The molecule has 2 N–H and O–H groups in total. The molecule has 0 radical (unpaired) electrons. The Morgan fingerprint density at radius 3 is 2.56 bits per heavy atom. The second-order valence-corrected chi connectivity index (χ2v) is 3.58. The van der Waals surface area contributed by atoms with Gasteiger partial charge in [-0.15, -0.1) is 0 Å². The topological polar surface area (TPSA) is 38.9 Å². The van der Waals surface area contributed by atoms with E-state index in [-0.39, 0.29) is 5.39 Å². The Balaban J connectivity index is 2.82. The van der Waals surface area contributed by atoms with E-state index in [0.29, 0.717) is 11.2 Å². The summed E-state index contributed by atoms with van der Waals surface area (Å²) in [4.78, 5) is 3.90. The van der Waals surface area contributed by atoms with Crippen LogP contribution in [0.4, 0.5) is 18.9 Å². The molecule has 0 fully saturated rings. The van der Waals surface area contributed by atoms with Crippen molar-refractivity contribution in [3.63, 3.8) is 0 Å². The van der Waals surface area contributed by atoms with Crippen LogP contribution in [0.15, 0.2) is 24.4 Å². The fourth-order valence-electron chi connectivity index (χ4n) is 1.56. The van der Waals surface area contributed by atoms with Gasteiger partial charge in [-0.05, 0) is 30.7 Å². The van der Waals surface area contributed by atoms with Gasteiger partial charge in [-0.25, -0.2) is 0 Å². The van der Waals surface area contributed by atoms with Crippen LogP contribution in [0, 0.1) is 6.92 Å². The minimum Gasteiger partial charge on any atom is -0.398 e. The molecule has 0 saturated heterocycles. The van der Waals surface area contributed by atoms with Gasteiger partial charge >= 0.3 is 6.18 Å². The van der Waals surface area contributed by atoms with E-state index < -0.39 is 11.7 Å². The standard InChI is InChI=1S/C11H9F3N2/c1-6-4-10-7(5-9(6)15)8(2-3-16-10)11(12,13)14/h2-5H,15H2,1H3. The summed E-state index contributed by atoms with van der Waals surface area (Å²) < 4.78 is 38.0. The average molecular weight is 226 g/mol. The van der Waals surface area contributed by atoms with Crippen molar-refractivity contribution in [3.8, 4) is 0 Å². The second kappa shape index (κ2) is 3.37. The Labute approximate surface area is 89.9 Å². The average Bonchev–Trinajstić information content (AvgIpc) is 2.17. The van der Waals surface area contributed by atoms with Crippen molar-refractivity contribution in [2.45, 2.75) is 13.1 Å². The number of aryl methyl sites for hydroxylation is 1. The lowest BCUT2D eigenvalue weighted by Gasteiger charge is -2.11. The molecule has 2 aromatic rings. The van der Waals surface area contributed by atoms with E-state index in [1.807, 2.05) is 0 Å². The van der Waals surface area contributed by atoms with Crippen LogP contribution in [-0.2, 0) is 6.18 Å². The number of rotatable bonds is 0. The van der Waals surface area contributed by atoms with Gasteiger partial charge in [-0.3, -0.25) is 4.98 Å². The normalized spacial score (nSPS) is 12.0. The maximum absolute atomic E-state index is 12.7. The van der Waals surface area contributed by atoms with Gasteiger partial charge in [0, 0.05) is 17.3 Å². The first-order valence-electron chi connectivity index (χ1n) is 4.61. The first-order valence-corrected chi connectivity index (χ1v) is 4.61. The Kier molecular flexibility index (Phi) is 2.26. The summed E-state index contributed by atoms with van der Waals surface area (Å²) in [6.45, 7) is 1.73. The molecule has 0 aliphatic carbocycles. The molecule has 1 aromatic carbocycles. The van der Waals surface area contributed by atoms with Gasteiger partial charge in [0.15, 0.2) is 0 Å². The maximum Gasteiger partial charge on any atom is 0.417 e. The minimum absolute atomic E-state index is 0.0399. The number of hydrogen-bond acceptors (Lipinski definition) is 2. The van der Waals surface area contributed by atoms with Crippen molar-refractivity contribution in [1.29, 1.82) is 0 Å². The van der Waals surface area contributed by atoms with Crippen LogP contribution in [-0.4, -0.2) is 4.98 Å².